The number of hydrogen-bond donors (Lipinski definition) is 1. The quantitative estimate of drug-likeness (QED) is 0.824. The molecule has 8 heteroatoms. The van der Waals surface area contributed by atoms with Crippen molar-refractivity contribution in [2.24, 2.45) is 0 Å². The zero-order chi connectivity index (χ0) is 18.7. The lowest BCUT2D eigenvalue weighted by atomic mass is 10.1. The number of nitrogens with zero attached hydrogens (tertiary/aromatic N) is 1. The van der Waals surface area contributed by atoms with Crippen LogP contribution in [0.2, 0.25) is 10.0 Å². The fraction of sp³-hybridized carbons (Fsp3) is 0.278. The van der Waals surface area contributed by atoms with Crippen molar-refractivity contribution < 1.29 is 18.7 Å². The summed E-state index contributed by atoms with van der Waals surface area (Å²) in [7, 11) is 1.75. The van der Waals surface area contributed by atoms with Gasteiger partial charge in [-0.05, 0) is 31.3 Å². The number of nitrogens with one attached hydrogen (secondary N) is 1. The van der Waals surface area contributed by atoms with Gasteiger partial charge in [-0.25, -0.2) is 4.39 Å². The van der Waals surface area contributed by atoms with Crippen molar-refractivity contribution in [3.63, 3.8) is 0 Å². The van der Waals surface area contributed by atoms with Gasteiger partial charge in [-0.2, -0.15) is 0 Å². The van der Waals surface area contributed by atoms with Gasteiger partial charge in [0.05, 0.1) is 28.9 Å². The van der Waals surface area contributed by atoms with Crippen molar-refractivity contribution in [2.45, 2.75) is 13.2 Å². The first-order valence-corrected chi connectivity index (χ1v) is 8.64. The van der Waals surface area contributed by atoms with Gasteiger partial charge < -0.3 is 14.8 Å². The molecular weight excluding hydrogens is 382 g/mol. The fourth-order valence-corrected chi connectivity index (χ4v) is 3.25. The highest BCUT2D eigenvalue weighted by Gasteiger charge is 2.19. The molecule has 0 aromatic heterocycles. The molecule has 5 nitrogen and oxygen atoms in total. The number of amides is 1. The number of anilines is 1. The second-order valence-corrected chi connectivity index (χ2v) is 6.80. The molecule has 138 valence electrons. The molecule has 2 aromatic rings. The molecule has 0 saturated heterocycles. The molecule has 0 saturated carbocycles. The third-order valence-electron chi connectivity index (χ3n) is 3.83. The number of fused-ring (bicyclic) bond motifs is 1. The SMILES string of the molecule is CN(CC(=O)Nc1c(Cl)cccc1Cl)Cc1cc(F)cc2c1OCOC2. The van der Waals surface area contributed by atoms with Crippen molar-refractivity contribution in [1.82, 2.24) is 4.90 Å². The van der Waals surface area contributed by atoms with Crippen molar-refractivity contribution in [3.05, 3.63) is 57.3 Å². The normalized spacial score (nSPS) is 13.3. The average molecular weight is 399 g/mol. The smallest absolute Gasteiger partial charge is 0.238 e. The Morgan fingerprint density at radius 2 is 2.04 bits per heavy atom. The van der Waals surface area contributed by atoms with Gasteiger partial charge >= 0.3 is 0 Å². The van der Waals surface area contributed by atoms with Crippen molar-refractivity contribution in [2.75, 3.05) is 25.7 Å². The van der Waals surface area contributed by atoms with E-state index in [2.05, 4.69) is 5.32 Å². The molecule has 0 spiro atoms. The number of carbonyl (C=O) groups excluding carboxylic acids is 1. The molecule has 1 aliphatic rings. The highest BCUT2D eigenvalue weighted by molar-refractivity contribution is 6.39. The molecule has 2 aromatic carbocycles. The van der Waals surface area contributed by atoms with E-state index in [1.807, 2.05) is 0 Å². The summed E-state index contributed by atoms with van der Waals surface area (Å²) in [6.07, 6.45) is 0. The molecule has 26 heavy (non-hydrogen) atoms. The van der Waals surface area contributed by atoms with Crippen LogP contribution in [0, 0.1) is 5.82 Å². The first-order valence-electron chi connectivity index (χ1n) is 7.88. The Morgan fingerprint density at radius 1 is 1.31 bits per heavy atom. The average Bonchev–Trinajstić information content (AvgIpc) is 2.58. The second kappa shape index (κ2) is 8.22. The number of hydrogen-bond acceptors (Lipinski definition) is 4. The molecule has 1 amide bonds. The first kappa shape index (κ1) is 18.9. The van der Waals surface area contributed by atoms with E-state index in [0.717, 1.165) is 0 Å². The molecule has 1 aliphatic heterocycles. The zero-order valence-corrected chi connectivity index (χ0v) is 15.5. The second-order valence-electron chi connectivity index (χ2n) is 5.98. The summed E-state index contributed by atoms with van der Waals surface area (Å²) in [5.74, 6) is -0.0374. The van der Waals surface area contributed by atoms with Crippen LogP contribution >= 0.6 is 23.2 Å². The van der Waals surface area contributed by atoms with Crippen LogP contribution < -0.4 is 10.1 Å². The van der Waals surface area contributed by atoms with E-state index in [4.69, 9.17) is 32.7 Å². The first-order chi connectivity index (χ1) is 12.4. The van der Waals surface area contributed by atoms with Gasteiger partial charge in [0.25, 0.3) is 0 Å². The van der Waals surface area contributed by atoms with Crippen molar-refractivity contribution >= 4 is 34.8 Å². The lowest BCUT2D eigenvalue weighted by Crippen LogP contribution is -2.30. The highest BCUT2D eigenvalue weighted by Crippen LogP contribution is 2.31. The number of halogens is 3. The Labute approximate surface area is 160 Å². The standard InChI is InChI=1S/C18H17Cl2FN2O3/c1-23(8-16(24)22-17-14(19)3-2-4-15(17)20)7-11-5-13(21)6-12-9-25-10-26-18(11)12/h2-6H,7-10H2,1H3,(H,22,24). The summed E-state index contributed by atoms with van der Waals surface area (Å²) in [6.45, 7) is 0.837. The summed E-state index contributed by atoms with van der Waals surface area (Å²) >= 11 is 12.1. The van der Waals surface area contributed by atoms with Crippen LogP contribution in [0.1, 0.15) is 11.1 Å². The number of rotatable bonds is 5. The Hall–Kier alpha value is -1.86. The Morgan fingerprint density at radius 3 is 2.77 bits per heavy atom. The van der Waals surface area contributed by atoms with Crippen molar-refractivity contribution in [1.29, 1.82) is 0 Å². The summed E-state index contributed by atoms with van der Waals surface area (Å²) in [5.41, 5.74) is 1.69. The van der Waals surface area contributed by atoms with Gasteiger partial charge in [0.15, 0.2) is 6.79 Å². The van der Waals surface area contributed by atoms with Crippen LogP contribution in [0.15, 0.2) is 30.3 Å². The van der Waals surface area contributed by atoms with Crippen LogP contribution in [-0.4, -0.2) is 31.2 Å². The molecule has 3 rings (SSSR count). The maximum Gasteiger partial charge on any atom is 0.238 e. The predicted octanol–water partition coefficient (Wildman–Crippen LogP) is 4.07. The molecule has 0 atom stereocenters. The molecule has 1 N–H and O–H groups in total. The van der Waals surface area contributed by atoms with Gasteiger partial charge in [-0.3, -0.25) is 9.69 Å². The van der Waals surface area contributed by atoms with Crippen LogP contribution in [0.3, 0.4) is 0 Å². The minimum absolute atomic E-state index is 0.0728. The molecule has 0 radical (unpaired) electrons. The maximum atomic E-state index is 13.8. The lowest BCUT2D eigenvalue weighted by molar-refractivity contribution is -0.117. The topological polar surface area (TPSA) is 50.8 Å². The van der Waals surface area contributed by atoms with Crippen LogP contribution in [-0.2, 0) is 22.7 Å². The number of benzene rings is 2. The number of likely N-dealkylation sites (N-methyl/N-ethyl adjacent to an activating group) is 1. The highest BCUT2D eigenvalue weighted by atomic mass is 35.5. The Balaban J connectivity index is 1.67. The lowest BCUT2D eigenvalue weighted by Gasteiger charge is -2.23. The summed E-state index contributed by atoms with van der Waals surface area (Å²) < 4.78 is 24.5. The van der Waals surface area contributed by atoms with E-state index in [1.165, 1.54) is 12.1 Å². The van der Waals surface area contributed by atoms with Crippen LogP contribution in [0.25, 0.3) is 0 Å². The van der Waals surface area contributed by atoms with Crippen molar-refractivity contribution in [3.8, 4) is 5.75 Å². The monoisotopic (exact) mass is 398 g/mol. The van der Waals surface area contributed by atoms with Gasteiger partial charge in [0.2, 0.25) is 5.91 Å². The van der Waals surface area contributed by atoms with Gasteiger partial charge in [0, 0.05) is 17.7 Å². The minimum atomic E-state index is -0.367. The third-order valence-corrected chi connectivity index (χ3v) is 4.46. The molecule has 1 heterocycles. The number of carbonyl (C=O) groups is 1. The minimum Gasteiger partial charge on any atom is -0.467 e. The molecule has 0 aliphatic carbocycles. The van der Waals surface area contributed by atoms with E-state index in [0.29, 0.717) is 45.8 Å². The van der Waals surface area contributed by atoms with E-state index in [-0.39, 0.29) is 25.1 Å². The number of para-hydroxylation sites is 1. The van der Waals surface area contributed by atoms with E-state index in [1.54, 1.807) is 30.1 Å². The summed E-state index contributed by atoms with van der Waals surface area (Å²) in [4.78, 5) is 14.0. The van der Waals surface area contributed by atoms with Gasteiger partial charge in [-0.1, -0.05) is 29.3 Å². The Kier molecular flexibility index (Phi) is 5.98. The van der Waals surface area contributed by atoms with Crippen LogP contribution in [0.4, 0.5) is 10.1 Å². The van der Waals surface area contributed by atoms with Crippen LogP contribution in [0.5, 0.6) is 5.75 Å². The number of ether oxygens (including phenoxy) is 2. The van der Waals surface area contributed by atoms with E-state index in [9.17, 15) is 9.18 Å². The summed E-state index contributed by atoms with van der Waals surface area (Å²) in [6, 6.07) is 7.78. The van der Waals surface area contributed by atoms with E-state index < -0.39 is 0 Å². The summed E-state index contributed by atoms with van der Waals surface area (Å²) in [5, 5.41) is 3.42. The predicted molar refractivity (Wildman–Crippen MR) is 98.1 cm³/mol. The molecule has 0 fully saturated rings. The molecular formula is C18H17Cl2FN2O3. The zero-order valence-electron chi connectivity index (χ0n) is 14.0. The fourth-order valence-electron chi connectivity index (χ4n) is 2.76. The molecule has 0 unspecified atom stereocenters. The largest absolute Gasteiger partial charge is 0.467 e. The Bertz CT molecular complexity index is 812. The maximum absolute atomic E-state index is 13.8. The van der Waals surface area contributed by atoms with Gasteiger partial charge in [-0.15, -0.1) is 0 Å². The van der Waals surface area contributed by atoms with Gasteiger partial charge in [0.1, 0.15) is 11.6 Å². The third kappa shape index (κ3) is 4.45. The van der Waals surface area contributed by atoms with E-state index >= 15 is 0 Å². The molecule has 0 bridgehead atoms.